The smallest absolute Gasteiger partial charge is 0.285 e. The number of anilines is 1. The molecular weight excluding hydrogens is 354 g/mol. The van der Waals surface area contributed by atoms with Crippen molar-refractivity contribution in [3.8, 4) is 5.75 Å². The van der Waals surface area contributed by atoms with Crippen molar-refractivity contribution in [2.75, 3.05) is 44.2 Å². The van der Waals surface area contributed by atoms with Gasteiger partial charge in [0.05, 0.1) is 11.9 Å². The van der Waals surface area contributed by atoms with Crippen LogP contribution in [0.3, 0.4) is 0 Å². The van der Waals surface area contributed by atoms with E-state index in [-0.39, 0.29) is 10.6 Å². The van der Waals surface area contributed by atoms with E-state index in [0.29, 0.717) is 25.4 Å². The molecule has 7 nitrogen and oxygen atoms in total. The van der Waals surface area contributed by atoms with E-state index in [1.807, 2.05) is 12.1 Å². The van der Waals surface area contributed by atoms with Crippen molar-refractivity contribution in [3.63, 3.8) is 0 Å². The van der Waals surface area contributed by atoms with Gasteiger partial charge in [-0.15, -0.1) is 0 Å². The zero-order valence-electron chi connectivity index (χ0n) is 14.5. The maximum Gasteiger partial charge on any atom is 0.285 e. The number of H-pyrrole nitrogens is 1. The fourth-order valence-electron chi connectivity index (χ4n) is 3.51. The van der Waals surface area contributed by atoms with Gasteiger partial charge in [0.2, 0.25) is 0 Å². The van der Waals surface area contributed by atoms with Crippen LogP contribution in [0.4, 0.5) is 5.69 Å². The van der Waals surface area contributed by atoms with E-state index >= 15 is 0 Å². The monoisotopic (exact) mass is 375 g/mol. The molecule has 26 heavy (non-hydrogen) atoms. The second-order valence-corrected chi connectivity index (χ2v) is 6.97. The van der Waals surface area contributed by atoms with E-state index in [2.05, 4.69) is 31.4 Å². The molecule has 0 aliphatic carbocycles. The highest BCUT2D eigenvalue weighted by atomic mass is 35.5. The zero-order chi connectivity index (χ0) is 17.9. The van der Waals surface area contributed by atoms with Gasteiger partial charge < -0.3 is 15.0 Å². The van der Waals surface area contributed by atoms with E-state index < -0.39 is 0 Å². The normalized spacial score (nSPS) is 17.3. The number of piperazine rings is 1. The molecule has 8 heteroatoms. The summed E-state index contributed by atoms with van der Waals surface area (Å²) in [5, 5.41) is 9.76. The fourth-order valence-corrected chi connectivity index (χ4v) is 3.72. The van der Waals surface area contributed by atoms with Crippen LogP contribution >= 0.6 is 11.6 Å². The van der Waals surface area contributed by atoms with Crippen molar-refractivity contribution in [3.05, 3.63) is 50.9 Å². The molecule has 0 amide bonds. The summed E-state index contributed by atoms with van der Waals surface area (Å²) in [6.07, 6.45) is 1.60. The number of halogens is 1. The Morgan fingerprint density at radius 1 is 1.23 bits per heavy atom. The summed E-state index contributed by atoms with van der Waals surface area (Å²) in [7, 11) is 0. The average molecular weight is 376 g/mol. The zero-order valence-corrected chi connectivity index (χ0v) is 15.3. The van der Waals surface area contributed by atoms with Crippen LogP contribution in [0.1, 0.15) is 11.1 Å². The number of hydrogen-bond acceptors (Lipinski definition) is 6. The first kappa shape index (κ1) is 17.3. The lowest BCUT2D eigenvalue weighted by Gasteiger charge is -2.27. The number of rotatable bonds is 5. The maximum absolute atomic E-state index is 11.7. The second kappa shape index (κ2) is 7.65. The van der Waals surface area contributed by atoms with E-state index in [1.165, 1.54) is 5.56 Å². The molecule has 138 valence electrons. The molecule has 0 spiro atoms. The predicted molar refractivity (Wildman–Crippen MR) is 101 cm³/mol. The molecule has 0 bridgehead atoms. The van der Waals surface area contributed by atoms with Crippen LogP contribution in [0.2, 0.25) is 5.02 Å². The minimum absolute atomic E-state index is 0.175. The van der Waals surface area contributed by atoms with E-state index in [1.54, 1.807) is 6.20 Å². The quantitative estimate of drug-likeness (QED) is 0.818. The summed E-state index contributed by atoms with van der Waals surface area (Å²) in [6, 6.07) is 6.12. The summed E-state index contributed by atoms with van der Waals surface area (Å²) in [6.45, 7) is 7.17. The largest absolute Gasteiger partial charge is 0.492 e. The van der Waals surface area contributed by atoms with E-state index in [0.717, 1.165) is 44.0 Å². The lowest BCUT2D eigenvalue weighted by molar-refractivity contribution is 0.190. The Kier molecular flexibility index (Phi) is 5.10. The van der Waals surface area contributed by atoms with Crippen molar-refractivity contribution < 1.29 is 4.74 Å². The number of benzene rings is 1. The molecule has 1 saturated heterocycles. The van der Waals surface area contributed by atoms with Crippen LogP contribution in [0.15, 0.2) is 29.2 Å². The first-order valence-electron chi connectivity index (χ1n) is 8.87. The highest BCUT2D eigenvalue weighted by Gasteiger charge is 2.25. The molecule has 3 heterocycles. The second-order valence-electron chi connectivity index (χ2n) is 6.59. The molecule has 1 aromatic heterocycles. The average Bonchev–Trinajstić information content (AvgIpc) is 3.10. The summed E-state index contributed by atoms with van der Waals surface area (Å²) in [4.78, 5) is 16.2. The molecular formula is C18H22ClN5O2. The topological polar surface area (TPSA) is 73.5 Å². The summed E-state index contributed by atoms with van der Waals surface area (Å²) >= 11 is 6.16. The molecule has 2 aromatic rings. The molecule has 2 N–H and O–H groups in total. The van der Waals surface area contributed by atoms with Gasteiger partial charge in [0, 0.05) is 51.4 Å². The van der Waals surface area contributed by atoms with Gasteiger partial charge in [-0.2, -0.15) is 5.10 Å². The third-order valence-corrected chi connectivity index (χ3v) is 5.30. The highest BCUT2D eigenvalue weighted by molar-refractivity contribution is 6.33. The first-order chi connectivity index (χ1) is 12.7. The molecule has 0 saturated carbocycles. The van der Waals surface area contributed by atoms with Gasteiger partial charge in [-0.1, -0.05) is 23.7 Å². The molecule has 2 aliphatic rings. The summed E-state index contributed by atoms with van der Waals surface area (Å²) in [5.74, 6) is 0.911. The van der Waals surface area contributed by atoms with E-state index in [9.17, 15) is 4.79 Å². The fraction of sp³-hybridized carbons (Fsp3) is 0.444. The molecule has 1 fully saturated rings. The molecule has 0 unspecified atom stereocenters. The van der Waals surface area contributed by atoms with Gasteiger partial charge >= 0.3 is 0 Å². The molecule has 1 aromatic carbocycles. The van der Waals surface area contributed by atoms with Crippen molar-refractivity contribution >= 4 is 17.3 Å². The Morgan fingerprint density at radius 2 is 2.08 bits per heavy atom. The van der Waals surface area contributed by atoms with E-state index in [4.69, 9.17) is 16.3 Å². The number of hydrogen-bond donors (Lipinski definition) is 2. The third-order valence-electron chi connectivity index (χ3n) is 4.93. The standard InChI is InChI=1S/C18H22ClN5O2/c19-17-15(10-21-22-18(17)25)24-11-13-2-1-3-16(14(13)12-24)26-9-8-23-6-4-20-5-7-23/h1-3,10,20H,4-9,11-12H2,(H,22,25). The Hall–Kier alpha value is -2.09. The number of nitrogens with one attached hydrogen (secondary N) is 2. The van der Waals surface area contributed by atoms with Gasteiger partial charge in [0.1, 0.15) is 17.4 Å². The number of fused-ring (bicyclic) bond motifs is 1. The predicted octanol–water partition coefficient (Wildman–Crippen LogP) is 1.23. The summed E-state index contributed by atoms with van der Waals surface area (Å²) < 4.78 is 6.08. The van der Waals surface area contributed by atoms with Crippen LogP contribution in [0.5, 0.6) is 5.75 Å². The number of nitrogens with zero attached hydrogens (tertiary/aromatic N) is 3. The van der Waals surface area contributed by atoms with Crippen molar-refractivity contribution in [1.29, 1.82) is 0 Å². The van der Waals surface area contributed by atoms with Crippen LogP contribution in [-0.4, -0.2) is 54.4 Å². The van der Waals surface area contributed by atoms with Crippen LogP contribution in [0.25, 0.3) is 0 Å². The molecule has 0 radical (unpaired) electrons. The Balaban J connectivity index is 1.44. The van der Waals surface area contributed by atoms with Crippen LogP contribution in [-0.2, 0) is 13.1 Å². The lowest BCUT2D eigenvalue weighted by Crippen LogP contribution is -2.44. The molecule has 0 atom stereocenters. The van der Waals surface area contributed by atoms with Gasteiger partial charge in [-0.05, 0) is 11.6 Å². The maximum atomic E-state index is 11.7. The SMILES string of the molecule is O=c1[nH]ncc(N2Cc3cccc(OCCN4CCNCC4)c3C2)c1Cl. The Bertz CT molecular complexity index is 835. The van der Waals surface area contributed by atoms with Crippen molar-refractivity contribution in [2.45, 2.75) is 13.1 Å². The van der Waals surface area contributed by atoms with Crippen LogP contribution < -0.4 is 20.5 Å². The first-order valence-corrected chi connectivity index (χ1v) is 9.25. The minimum Gasteiger partial charge on any atom is -0.492 e. The number of aromatic nitrogens is 2. The Labute approximate surface area is 156 Å². The van der Waals surface area contributed by atoms with Gasteiger partial charge in [0.25, 0.3) is 5.56 Å². The van der Waals surface area contributed by atoms with Crippen molar-refractivity contribution in [1.82, 2.24) is 20.4 Å². The number of ether oxygens (including phenoxy) is 1. The van der Waals surface area contributed by atoms with Gasteiger partial charge in [-0.25, -0.2) is 5.10 Å². The Morgan fingerprint density at radius 3 is 2.92 bits per heavy atom. The highest BCUT2D eigenvalue weighted by Crippen LogP contribution is 2.35. The lowest BCUT2D eigenvalue weighted by atomic mass is 10.1. The minimum atomic E-state index is -0.368. The van der Waals surface area contributed by atoms with Crippen molar-refractivity contribution in [2.24, 2.45) is 0 Å². The summed E-state index contributed by atoms with van der Waals surface area (Å²) in [5.41, 5.74) is 2.64. The van der Waals surface area contributed by atoms with Gasteiger partial charge in [-0.3, -0.25) is 9.69 Å². The van der Waals surface area contributed by atoms with Crippen LogP contribution in [0, 0.1) is 0 Å². The third kappa shape index (κ3) is 3.56. The van der Waals surface area contributed by atoms with Gasteiger partial charge in [0.15, 0.2) is 0 Å². The molecule has 2 aliphatic heterocycles. The number of aromatic amines is 1. The molecule has 4 rings (SSSR count).